The van der Waals surface area contributed by atoms with E-state index in [1.54, 1.807) is 32.9 Å². The van der Waals surface area contributed by atoms with Gasteiger partial charge in [0.15, 0.2) is 0 Å². The number of rotatable bonds is 6. The number of nitrogens with zero attached hydrogens (tertiary/aromatic N) is 2. The molecule has 1 saturated heterocycles. The highest BCUT2D eigenvalue weighted by Gasteiger charge is 2.33. The summed E-state index contributed by atoms with van der Waals surface area (Å²) in [6, 6.07) is 5.98. The third-order valence-electron chi connectivity index (χ3n) is 5.03. The van der Waals surface area contributed by atoms with Crippen LogP contribution in [0.25, 0.3) is 0 Å². The minimum absolute atomic E-state index is 0.138. The molecule has 11 heteroatoms. The van der Waals surface area contributed by atoms with Crippen LogP contribution in [-0.4, -0.2) is 60.7 Å². The summed E-state index contributed by atoms with van der Waals surface area (Å²) < 4.78 is 36.9. The van der Waals surface area contributed by atoms with Gasteiger partial charge in [-0.3, -0.25) is 9.89 Å². The van der Waals surface area contributed by atoms with Crippen LogP contribution in [0.4, 0.5) is 4.79 Å². The van der Waals surface area contributed by atoms with E-state index >= 15 is 0 Å². The van der Waals surface area contributed by atoms with Crippen LogP contribution in [-0.2, 0) is 14.8 Å². The molecular formula is C20H26N4O6S. The number of carbonyl (C=O) groups is 2. The van der Waals surface area contributed by atoms with Crippen molar-refractivity contribution in [2.24, 2.45) is 0 Å². The number of amides is 1. The van der Waals surface area contributed by atoms with Crippen molar-refractivity contribution < 1.29 is 27.5 Å². The van der Waals surface area contributed by atoms with Crippen LogP contribution >= 0.6 is 0 Å². The van der Waals surface area contributed by atoms with Crippen molar-refractivity contribution in [2.45, 2.75) is 44.6 Å². The molecule has 1 aromatic carbocycles. The molecule has 2 aromatic rings. The molecule has 0 aliphatic carbocycles. The number of H-pyrrole nitrogens is 1. The van der Waals surface area contributed by atoms with Crippen LogP contribution in [0.15, 0.2) is 29.2 Å². The third kappa shape index (κ3) is 5.23. The first-order chi connectivity index (χ1) is 14.7. The molecule has 1 aromatic heterocycles. The highest BCUT2D eigenvalue weighted by atomic mass is 32.2. The fourth-order valence-electron chi connectivity index (χ4n) is 3.48. The van der Waals surface area contributed by atoms with Gasteiger partial charge in [0.1, 0.15) is 10.6 Å². The van der Waals surface area contributed by atoms with Crippen LogP contribution in [0, 0.1) is 13.8 Å². The largest absolute Gasteiger partial charge is 0.513 e. The summed E-state index contributed by atoms with van der Waals surface area (Å²) in [6.07, 6.45) is 0.206. The van der Waals surface area contributed by atoms with Crippen molar-refractivity contribution in [1.82, 2.24) is 19.8 Å². The lowest BCUT2D eigenvalue weighted by molar-refractivity contribution is 0.0923. The fourth-order valence-corrected chi connectivity index (χ4v) is 5.28. The Bertz CT molecular complexity index is 1020. The van der Waals surface area contributed by atoms with Crippen molar-refractivity contribution in [3.8, 4) is 5.75 Å². The molecule has 0 radical (unpaired) electrons. The van der Waals surface area contributed by atoms with E-state index in [4.69, 9.17) is 9.47 Å². The van der Waals surface area contributed by atoms with Crippen LogP contribution in [0.2, 0.25) is 0 Å². The van der Waals surface area contributed by atoms with Gasteiger partial charge in [-0.2, -0.15) is 9.40 Å². The molecule has 168 valence electrons. The zero-order valence-corrected chi connectivity index (χ0v) is 18.5. The van der Waals surface area contributed by atoms with E-state index in [0.29, 0.717) is 42.9 Å². The van der Waals surface area contributed by atoms with Crippen molar-refractivity contribution in [3.63, 3.8) is 0 Å². The average Bonchev–Trinajstić information content (AvgIpc) is 3.08. The van der Waals surface area contributed by atoms with Crippen molar-refractivity contribution in [2.75, 3.05) is 19.7 Å². The van der Waals surface area contributed by atoms with Crippen LogP contribution in [0.5, 0.6) is 5.75 Å². The van der Waals surface area contributed by atoms with Crippen molar-refractivity contribution in [1.29, 1.82) is 0 Å². The summed E-state index contributed by atoms with van der Waals surface area (Å²) in [7, 11) is -3.63. The van der Waals surface area contributed by atoms with E-state index in [9.17, 15) is 18.0 Å². The number of sulfonamides is 1. The number of ether oxygens (including phenoxy) is 2. The molecule has 1 fully saturated rings. The maximum Gasteiger partial charge on any atom is 0.513 e. The van der Waals surface area contributed by atoms with E-state index < -0.39 is 16.2 Å². The highest BCUT2D eigenvalue weighted by Crippen LogP contribution is 2.25. The summed E-state index contributed by atoms with van der Waals surface area (Å²) >= 11 is 0. The Morgan fingerprint density at radius 3 is 2.39 bits per heavy atom. The molecule has 0 saturated carbocycles. The van der Waals surface area contributed by atoms with Crippen molar-refractivity contribution >= 4 is 22.1 Å². The van der Waals surface area contributed by atoms with E-state index in [1.807, 2.05) is 0 Å². The summed E-state index contributed by atoms with van der Waals surface area (Å²) in [5, 5.41) is 9.62. The maximum atomic E-state index is 12.9. The van der Waals surface area contributed by atoms with Gasteiger partial charge in [-0.1, -0.05) is 0 Å². The molecule has 2 N–H and O–H groups in total. The first-order valence-electron chi connectivity index (χ1n) is 9.99. The lowest BCUT2D eigenvalue weighted by Crippen LogP contribution is -2.46. The van der Waals surface area contributed by atoms with E-state index in [0.717, 1.165) is 0 Å². The molecule has 1 aliphatic heterocycles. The number of aromatic amines is 1. The van der Waals surface area contributed by atoms with E-state index in [1.165, 1.54) is 16.4 Å². The molecule has 2 heterocycles. The summed E-state index contributed by atoms with van der Waals surface area (Å²) in [4.78, 5) is 24.1. The number of hydrogen-bond acceptors (Lipinski definition) is 7. The SMILES string of the molecule is CCOC(=O)Oc1ccc(C(=O)NC2CCN(S(=O)(=O)c3c(C)n[nH]c3C)CC2)cc1. The predicted octanol–water partition coefficient (Wildman–Crippen LogP) is 2.14. The molecule has 31 heavy (non-hydrogen) atoms. The number of aryl methyl sites for hydroxylation is 2. The van der Waals surface area contributed by atoms with Gasteiger partial charge in [-0.05, 0) is 57.9 Å². The summed E-state index contributed by atoms with van der Waals surface area (Å²) in [6.45, 7) is 5.84. The minimum atomic E-state index is -3.63. The lowest BCUT2D eigenvalue weighted by atomic mass is 10.1. The van der Waals surface area contributed by atoms with Crippen LogP contribution in [0.1, 0.15) is 41.5 Å². The number of benzene rings is 1. The van der Waals surface area contributed by atoms with Gasteiger partial charge >= 0.3 is 6.16 Å². The monoisotopic (exact) mass is 450 g/mol. The first kappa shape index (κ1) is 22.8. The Labute approximate surface area is 181 Å². The van der Waals surface area contributed by atoms with Crippen LogP contribution in [0.3, 0.4) is 0 Å². The predicted molar refractivity (Wildman–Crippen MR) is 111 cm³/mol. The van der Waals surface area contributed by atoms with Gasteiger partial charge in [0.2, 0.25) is 10.0 Å². The Morgan fingerprint density at radius 1 is 1.19 bits per heavy atom. The second-order valence-corrected chi connectivity index (χ2v) is 9.10. The maximum absolute atomic E-state index is 12.9. The fraction of sp³-hybridized carbons (Fsp3) is 0.450. The second-order valence-electron chi connectivity index (χ2n) is 7.22. The topological polar surface area (TPSA) is 131 Å². The van der Waals surface area contributed by atoms with Gasteiger partial charge in [0.05, 0.1) is 18.0 Å². The lowest BCUT2D eigenvalue weighted by Gasteiger charge is -2.31. The summed E-state index contributed by atoms with van der Waals surface area (Å²) in [5.41, 5.74) is 1.38. The first-order valence-corrected chi connectivity index (χ1v) is 11.4. The third-order valence-corrected chi connectivity index (χ3v) is 7.19. The normalized spacial score (nSPS) is 15.5. The molecule has 0 spiro atoms. The number of nitrogens with one attached hydrogen (secondary N) is 2. The molecule has 0 unspecified atom stereocenters. The van der Waals surface area contributed by atoms with E-state index in [2.05, 4.69) is 15.5 Å². The molecule has 1 aliphatic rings. The van der Waals surface area contributed by atoms with Gasteiger partial charge in [-0.25, -0.2) is 13.2 Å². The van der Waals surface area contributed by atoms with Gasteiger partial charge in [0.25, 0.3) is 5.91 Å². The average molecular weight is 451 g/mol. The van der Waals surface area contributed by atoms with Crippen molar-refractivity contribution in [3.05, 3.63) is 41.2 Å². The minimum Gasteiger partial charge on any atom is -0.434 e. The Kier molecular flexibility index (Phi) is 6.96. The van der Waals surface area contributed by atoms with Gasteiger partial charge in [0, 0.05) is 24.7 Å². The standard InChI is InChI=1S/C20H26N4O6S/c1-4-29-20(26)30-17-7-5-15(6-8-17)19(25)21-16-9-11-24(12-10-16)31(27,28)18-13(2)22-23-14(18)3/h5-8,16H,4,9-12H2,1-3H3,(H,21,25)(H,22,23). The summed E-state index contributed by atoms with van der Waals surface area (Å²) in [5.74, 6) is 0.00358. The molecule has 10 nitrogen and oxygen atoms in total. The zero-order valence-electron chi connectivity index (χ0n) is 17.7. The van der Waals surface area contributed by atoms with Gasteiger partial charge < -0.3 is 14.8 Å². The Balaban J connectivity index is 1.55. The molecule has 1 amide bonds. The van der Waals surface area contributed by atoms with E-state index in [-0.39, 0.29) is 29.2 Å². The second kappa shape index (κ2) is 9.48. The molecule has 0 bridgehead atoms. The number of aromatic nitrogens is 2. The zero-order chi connectivity index (χ0) is 22.6. The smallest absolute Gasteiger partial charge is 0.434 e. The van der Waals surface area contributed by atoms with Gasteiger partial charge in [-0.15, -0.1) is 0 Å². The van der Waals surface area contributed by atoms with Crippen LogP contribution < -0.4 is 10.1 Å². The Hall–Kier alpha value is -2.92. The quantitative estimate of drug-likeness (QED) is 0.509. The molecular weight excluding hydrogens is 424 g/mol. The number of hydrogen-bond donors (Lipinski definition) is 2. The molecule has 0 atom stereocenters. The highest BCUT2D eigenvalue weighted by molar-refractivity contribution is 7.89. The number of carbonyl (C=O) groups excluding carboxylic acids is 2. The Morgan fingerprint density at radius 2 is 1.84 bits per heavy atom. The number of piperidine rings is 1. The molecule has 3 rings (SSSR count).